The summed E-state index contributed by atoms with van der Waals surface area (Å²) < 4.78 is 14.2. The highest BCUT2D eigenvalue weighted by Gasteiger charge is 2.62. The van der Waals surface area contributed by atoms with Gasteiger partial charge in [0.25, 0.3) is 0 Å². The summed E-state index contributed by atoms with van der Waals surface area (Å²) in [5.41, 5.74) is 8.34. The normalized spacial score (nSPS) is 18.7. The van der Waals surface area contributed by atoms with Crippen molar-refractivity contribution < 1.29 is 14.0 Å². The molecule has 0 unspecified atom stereocenters. The second kappa shape index (κ2) is 7.66. The lowest BCUT2D eigenvalue weighted by atomic mass is 9.74. The van der Waals surface area contributed by atoms with E-state index in [1.54, 1.807) is 22.2 Å². The summed E-state index contributed by atoms with van der Waals surface area (Å²) in [4.78, 5) is 39.1. The molecule has 7 nitrogen and oxygen atoms in total. The molecule has 2 amide bonds. The number of amides is 2. The number of fused-ring (bicyclic) bond motifs is 3. The number of rotatable bonds is 4. The zero-order chi connectivity index (χ0) is 25.4. The van der Waals surface area contributed by atoms with Gasteiger partial charge in [-0.3, -0.25) is 19.6 Å². The first-order valence-electron chi connectivity index (χ1n) is 12.4. The topological polar surface area (TPSA) is 92.4 Å². The minimum Gasteiger partial charge on any atom is -0.338 e. The van der Waals surface area contributed by atoms with Gasteiger partial charge in [0.1, 0.15) is 11.2 Å². The summed E-state index contributed by atoms with van der Waals surface area (Å²) in [6.45, 7) is 0.856. The summed E-state index contributed by atoms with van der Waals surface area (Å²) in [6, 6.07) is 17.0. The smallest absolute Gasteiger partial charge is 0.242 e. The molecule has 8 heteroatoms. The number of nitrogens with zero attached hydrogens (tertiary/aromatic N) is 4. The van der Waals surface area contributed by atoms with Crippen LogP contribution in [0.3, 0.4) is 0 Å². The van der Waals surface area contributed by atoms with Crippen LogP contribution in [0.5, 0.6) is 0 Å². The number of para-hydroxylation sites is 1. The van der Waals surface area contributed by atoms with Crippen molar-refractivity contribution in [2.24, 2.45) is 5.73 Å². The van der Waals surface area contributed by atoms with Crippen molar-refractivity contribution in [3.8, 4) is 11.1 Å². The third-order valence-electron chi connectivity index (χ3n) is 7.97. The highest BCUT2D eigenvalue weighted by molar-refractivity contribution is 6.10. The van der Waals surface area contributed by atoms with Gasteiger partial charge in [-0.15, -0.1) is 0 Å². The number of nitrogens with two attached hydrogens (primary N) is 1. The van der Waals surface area contributed by atoms with E-state index in [0.29, 0.717) is 37.2 Å². The second-order valence-electron chi connectivity index (χ2n) is 10.4. The van der Waals surface area contributed by atoms with Crippen molar-refractivity contribution >= 4 is 28.3 Å². The predicted molar refractivity (Wildman–Crippen MR) is 137 cm³/mol. The van der Waals surface area contributed by atoms with Crippen LogP contribution >= 0.6 is 0 Å². The van der Waals surface area contributed by atoms with Crippen molar-refractivity contribution in [1.29, 1.82) is 0 Å². The molecule has 1 aliphatic carbocycles. The van der Waals surface area contributed by atoms with Crippen molar-refractivity contribution in [3.63, 3.8) is 0 Å². The first kappa shape index (κ1) is 22.1. The summed E-state index contributed by atoms with van der Waals surface area (Å²) in [6.07, 6.45) is 5.95. The SMILES string of the molecule is NC1(C(=O)N2CC3(C2)C(=O)N(Cc2ncc4ccccc4c2-c2cncc(F)c2)c2ccccc23)CC1. The molecular weight excluding hydrogens is 469 g/mol. The Morgan fingerprint density at radius 1 is 1.03 bits per heavy atom. The first-order chi connectivity index (χ1) is 17.9. The Morgan fingerprint density at radius 3 is 2.57 bits per heavy atom. The molecule has 2 N–H and O–H groups in total. The number of anilines is 1. The third-order valence-corrected chi connectivity index (χ3v) is 7.97. The van der Waals surface area contributed by atoms with E-state index >= 15 is 0 Å². The van der Waals surface area contributed by atoms with E-state index in [0.717, 1.165) is 27.6 Å². The van der Waals surface area contributed by atoms with E-state index in [9.17, 15) is 14.0 Å². The van der Waals surface area contributed by atoms with Gasteiger partial charge in [0, 0.05) is 47.7 Å². The minimum absolute atomic E-state index is 0.0575. The Balaban J connectivity index is 1.29. The predicted octanol–water partition coefficient (Wildman–Crippen LogP) is 3.55. The van der Waals surface area contributed by atoms with Gasteiger partial charge < -0.3 is 15.5 Å². The van der Waals surface area contributed by atoms with Crippen LogP contribution in [0.25, 0.3) is 21.9 Å². The summed E-state index contributed by atoms with van der Waals surface area (Å²) in [5.74, 6) is -0.567. The molecule has 4 aromatic rings. The number of hydrogen-bond acceptors (Lipinski definition) is 5. The second-order valence-corrected chi connectivity index (χ2v) is 10.4. The molecule has 1 spiro atoms. The zero-order valence-electron chi connectivity index (χ0n) is 20.0. The van der Waals surface area contributed by atoms with Gasteiger partial charge in [-0.2, -0.15) is 0 Å². The number of carbonyl (C=O) groups is 2. The Labute approximate surface area is 212 Å². The van der Waals surface area contributed by atoms with Crippen LogP contribution in [0.4, 0.5) is 10.1 Å². The molecule has 4 heterocycles. The zero-order valence-corrected chi connectivity index (χ0v) is 20.0. The van der Waals surface area contributed by atoms with Crippen molar-refractivity contribution in [2.45, 2.75) is 30.3 Å². The monoisotopic (exact) mass is 493 g/mol. The molecule has 2 aliphatic heterocycles. The van der Waals surface area contributed by atoms with E-state index in [1.807, 2.05) is 48.5 Å². The number of carbonyl (C=O) groups excluding carboxylic acids is 2. The third kappa shape index (κ3) is 3.22. The molecule has 1 saturated heterocycles. The molecular formula is C29H24FN5O2. The van der Waals surface area contributed by atoms with Gasteiger partial charge in [0.15, 0.2) is 0 Å². The van der Waals surface area contributed by atoms with Gasteiger partial charge in [-0.25, -0.2) is 4.39 Å². The molecule has 2 aromatic heterocycles. The van der Waals surface area contributed by atoms with Crippen LogP contribution in [0.15, 0.2) is 73.2 Å². The lowest BCUT2D eigenvalue weighted by Crippen LogP contribution is -2.67. The fraction of sp³-hybridized carbons (Fsp3) is 0.241. The van der Waals surface area contributed by atoms with Crippen molar-refractivity contribution in [2.75, 3.05) is 18.0 Å². The van der Waals surface area contributed by atoms with E-state index in [4.69, 9.17) is 10.7 Å². The summed E-state index contributed by atoms with van der Waals surface area (Å²) in [7, 11) is 0. The molecule has 37 heavy (non-hydrogen) atoms. The average molecular weight is 494 g/mol. The molecule has 0 radical (unpaired) electrons. The molecule has 3 aliphatic rings. The van der Waals surface area contributed by atoms with Crippen LogP contribution in [0.1, 0.15) is 24.1 Å². The van der Waals surface area contributed by atoms with Gasteiger partial charge in [0.2, 0.25) is 11.8 Å². The van der Waals surface area contributed by atoms with Crippen molar-refractivity contribution in [3.05, 3.63) is 90.3 Å². The molecule has 7 rings (SSSR count). The Morgan fingerprint density at radius 2 is 1.78 bits per heavy atom. The van der Waals surface area contributed by atoms with Gasteiger partial charge >= 0.3 is 0 Å². The number of hydrogen-bond donors (Lipinski definition) is 1. The van der Waals surface area contributed by atoms with Gasteiger partial charge in [-0.05, 0) is 35.9 Å². The maximum Gasteiger partial charge on any atom is 0.242 e. The maximum atomic E-state index is 14.2. The van der Waals surface area contributed by atoms with Gasteiger partial charge in [0.05, 0.1) is 24.0 Å². The largest absolute Gasteiger partial charge is 0.338 e. The van der Waals surface area contributed by atoms with Crippen LogP contribution < -0.4 is 10.6 Å². The Kier molecular flexibility index (Phi) is 4.57. The lowest BCUT2D eigenvalue weighted by Gasteiger charge is -2.47. The molecule has 1 saturated carbocycles. The molecule has 0 bridgehead atoms. The highest BCUT2D eigenvalue weighted by atomic mass is 19.1. The Bertz CT molecular complexity index is 1610. The maximum absolute atomic E-state index is 14.2. The standard InChI is InChI=1S/C29H24FN5O2/c30-20-11-19(12-32-14-20)25-21-6-2-1-5-18(21)13-33-23(25)15-35-24-8-4-3-7-22(24)28(26(35)36)16-34(17-28)27(37)29(31)9-10-29/h1-8,11-14H,9-10,15-17,31H2. The van der Waals surface area contributed by atoms with Crippen LogP contribution in [0, 0.1) is 5.82 Å². The minimum atomic E-state index is -0.783. The fourth-order valence-corrected chi connectivity index (χ4v) is 5.82. The number of halogens is 1. The molecule has 2 fully saturated rings. The first-order valence-corrected chi connectivity index (χ1v) is 12.4. The molecule has 0 atom stereocenters. The average Bonchev–Trinajstić information content (AvgIpc) is 3.59. The van der Waals surface area contributed by atoms with E-state index in [-0.39, 0.29) is 18.4 Å². The summed E-state index contributed by atoms with van der Waals surface area (Å²) >= 11 is 0. The van der Waals surface area contributed by atoms with Crippen LogP contribution in [-0.2, 0) is 21.5 Å². The number of benzene rings is 2. The fourth-order valence-electron chi connectivity index (χ4n) is 5.82. The van der Waals surface area contributed by atoms with Crippen molar-refractivity contribution in [1.82, 2.24) is 14.9 Å². The van der Waals surface area contributed by atoms with Crippen LogP contribution in [-0.4, -0.2) is 45.3 Å². The number of pyridine rings is 2. The number of aromatic nitrogens is 2. The van der Waals surface area contributed by atoms with E-state index in [1.165, 1.54) is 12.3 Å². The van der Waals surface area contributed by atoms with Gasteiger partial charge in [-0.1, -0.05) is 42.5 Å². The quantitative estimate of drug-likeness (QED) is 0.469. The lowest BCUT2D eigenvalue weighted by molar-refractivity contribution is -0.146. The van der Waals surface area contributed by atoms with Crippen LogP contribution in [0.2, 0.25) is 0 Å². The molecule has 184 valence electrons. The summed E-state index contributed by atoms with van der Waals surface area (Å²) in [5, 5.41) is 1.83. The van der Waals surface area contributed by atoms with E-state index < -0.39 is 16.8 Å². The Hall–Kier alpha value is -4.17. The van der Waals surface area contributed by atoms with E-state index in [2.05, 4.69) is 4.98 Å². The number of likely N-dealkylation sites (tertiary alicyclic amines) is 1. The highest BCUT2D eigenvalue weighted by Crippen LogP contribution is 2.49. The molecule has 2 aromatic carbocycles.